The van der Waals surface area contributed by atoms with E-state index in [0.717, 1.165) is 24.1 Å². The van der Waals surface area contributed by atoms with Crippen LogP contribution in [0.5, 0.6) is 0 Å². The number of H-pyrrole nitrogens is 1. The number of rotatable bonds is 4. The van der Waals surface area contributed by atoms with Gasteiger partial charge in [-0.3, -0.25) is 4.79 Å². The van der Waals surface area contributed by atoms with E-state index in [9.17, 15) is 4.79 Å². The van der Waals surface area contributed by atoms with E-state index < -0.39 is 0 Å². The number of nitrogens with zero attached hydrogens (tertiary/aromatic N) is 1. The summed E-state index contributed by atoms with van der Waals surface area (Å²) in [5.41, 5.74) is 0.592. The Bertz CT molecular complexity index is 446. The maximum absolute atomic E-state index is 11.3. The molecule has 0 aromatic carbocycles. The molecule has 1 aromatic heterocycles. The zero-order valence-corrected chi connectivity index (χ0v) is 12.3. The Morgan fingerprint density at radius 2 is 2.39 bits per heavy atom. The molecule has 0 aliphatic heterocycles. The van der Waals surface area contributed by atoms with Gasteiger partial charge in [-0.05, 0) is 40.6 Å². The number of halogens is 1. The largest absolute Gasteiger partial charge is 0.383 e. The van der Waals surface area contributed by atoms with Gasteiger partial charge in [0, 0.05) is 6.54 Å². The molecule has 0 radical (unpaired) electrons. The average Bonchev–Trinajstić information content (AvgIpc) is 2.35. The first-order valence-corrected chi connectivity index (χ1v) is 7.43. The van der Waals surface area contributed by atoms with Crippen molar-refractivity contribution < 1.29 is 0 Å². The topological polar surface area (TPSA) is 57.8 Å². The minimum Gasteiger partial charge on any atom is -0.383 e. The molecule has 18 heavy (non-hydrogen) atoms. The Morgan fingerprint density at radius 3 is 3.17 bits per heavy atom. The fraction of sp³-hybridized carbons (Fsp3) is 0.692. The predicted molar refractivity (Wildman–Crippen MR) is 76.8 cm³/mol. The number of hydrogen-bond donors (Lipinski definition) is 2. The molecule has 2 rings (SSSR count). The van der Waals surface area contributed by atoms with E-state index >= 15 is 0 Å². The monoisotopic (exact) mass is 313 g/mol. The fourth-order valence-electron chi connectivity index (χ4n) is 2.74. The SMILES string of the molecule is CC1CCCC(CCNc2cn[nH]c(=O)c2Br)C1. The van der Waals surface area contributed by atoms with Crippen LogP contribution in [0.1, 0.15) is 39.0 Å². The first-order chi connectivity index (χ1) is 8.66. The smallest absolute Gasteiger partial charge is 0.280 e. The van der Waals surface area contributed by atoms with Crippen LogP contribution in [0.4, 0.5) is 5.69 Å². The highest BCUT2D eigenvalue weighted by Gasteiger charge is 2.18. The molecule has 100 valence electrons. The van der Waals surface area contributed by atoms with Gasteiger partial charge in [-0.15, -0.1) is 0 Å². The third-order valence-electron chi connectivity index (χ3n) is 3.71. The molecular weight excluding hydrogens is 294 g/mol. The van der Waals surface area contributed by atoms with Gasteiger partial charge in [0.15, 0.2) is 0 Å². The van der Waals surface area contributed by atoms with E-state index in [-0.39, 0.29) is 5.56 Å². The van der Waals surface area contributed by atoms with Crippen molar-refractivity contribution in [2.45, 2.75) is 39.0 Å². The molecule has 2 N–H and O–H groups in total. The first kappa shape index (κ1) is 13.6. The quantitative estimate of drug-likeness (QED) is 0.897. The molecule has 0 spiro atoms. The average molecular weight is 314 g/mol. The van der Waals surface area contributed by atoms with Gasteiger partial charge < -0.3 is 5.32 Å². The normalized spacial score (nSPS) is 23.9. The second-order valence-electron chi connectivity index (χ2n) is 5.28. The molecule has 5 heteroatoms. The Morgan fingerprint density at radius 1 is 1.56 bits per heavy atom. The summed E-state index contributed by atoms with van der Waals surface area (Å²) in [6.45, 7) is 3.25. The minimum absolute atomic E-state index is 0.189. The molecule has 1 fully saturated rings. The second kappa shape index (κ2) is 6.36. The lowest BCUT2D eigenvalue weighted by Crippen LogP contribution is -2.18. The summed E-state index contributed by atoms with van der Waals surface area (Å²) in [6, 6.07) is 0. The van der Waals surface area contributed by atoms with E-state index in [1.807, 2.05) is 0 Å². The molecular formula is C13H20BrN3O. The van der Waals surface area contributed by atoms with Gasteiger partial charge in [0.2, 0.25) is 0 Å². The lowest BCUT2D eigenvalue weighted by molar-refractivity contribution is 0.274. The molecule has 2 unspecified atom stereocenters. The summed E-state index contributed by atoms with van der Waals surface area (Å²) in [6.07, 6.45) is 8.26. The fourth-order valence-corrected chi connectivity index (χ4v) is 3.07. The minimum atomic E-state index is -0.189. The van der Waals surface area contributed by atoms with Crippen LogP contribution in [0.25, 0.3) is 0 Å². The highest BCUT2D eigenvalue weighted by atomic mass is 79.9. The summed E-state index contributed by atoms with van der Waals surface area (Å²) in [4.78, 5) is 11.3. The lowest BCUT2D eigenvalue weighted by atomic mass is 9.81. The van der Waals surface area contributed by atoms with Crippen LogP contribution in [0.15, 0.2) is 15.5 Å². The van der Waals surface area contributed by atoms with Gasteiger partial charge in [0.05, 0.1) is 11.9 Å². The third kappa shape index (κ3) is 3.57. The van der Waals surface area contributed by atoms with Crippen LogP contribution >= 0.6 is 15.9 Å². The van der Waals surface area contributed by atoms with Crippen molar-refractivity contribution in [3.05, 3.63) is 21.0 Å². The molecule has 1 aliphatic carbocycles. The van der Waals surface area contributed by atoms with Gasteiger partial charge in [-0.1, -0.05) is 26.2 Å². The number of hydrogen-bond acceptors (Lipinski definition) is 3. The van der Waals surface area contributed by atoms with E-state index in [0.29, 0.717) is 4.47 Å². The van der Waals surface area contributed by atoms with Crippen molar-refractivity contribution in [2.75, 3.05) is 11.9 Å². The summed E-state index contributed by atoms with van der Waals surface area (Å²) in [7, 11) is 0. The van der Waals surface area contributed by atoms with Gasteiger partial charge in [-0.2, -0.15) is 5.10 Å². The summed E-state index contributed by atoms with van der Waals surface area (Å²) in [5, 5.41) is 9.47. The van der Waals surface area contributed by atoms with Crippen LogP contribution in [0.3, 0.4) is 0 Å². The summed E-state index contributed by atoms with van der Waals surface area (Å²) < 4.78 is 0.537. The third-order valence-corrected chi connectivity index (χ3v) is 4.50. The highest BCUT2D eigenvalue weighted by Crippen LogP contribution is 2.30. The molecule has 1 aromatic rings. The maximum Gasteiger partial charge on any atom is 0.280 e. The molecule has 0 amide bonds. The molecule has 0 bridgehead atoms. The molecule has 2 atom stereocenters. The molecule has 0 saturated heterocycles. The summed E-state index contributed by atoms with van der Waals surface area (Å²) >= 11 is 3.27. The maximum atomic E-state index is 11.3. The molecule has 4 nitrogen and oxygen atoms in total. The van der Waals surface area contributed by atoms with E-state index in [2.05, 4.69) is 38.4 Å². The van der Waals surface area contributed by atoms with Crippen molar-refractivity contribution in [3.63, 3.8) is 0 Å². The van der Waals surface area contributed by atoms with Crippen LogP contribution in [0, 0.1) is 11.8 Å². The van der Waals surface area contributed by atoms with Gasteiger partial charge in [0.1, 0.15) is 4.47 Å². The van der Waals surface area contributed by atoms with Crippen molar-refractivity contribution in [2.24, 2.45) is 11.8 Å². The van der Waals surface area contributed by atoms with Crippen molar-refractivity contribution in [1.82, 2.24) is 10.2 Å². The van der Waals surface area contributed by atoms with E-state index in [1.165, 1.54) is 32.1 Å². The van der Waals surface area contributed by atoms with Crippen molar-refractivity contribution >= 4 is 21.6 Å². The Kier molecular flexibility index (Phi) is 4.80. The number of aromatic amines is 1. The van der Waals surface area contributed by atoms with E-state index in [4.69, 9.17) is 0 Å². The predicted octanol–water partition coefficient (Wildman–Crippen LogP) is 3.16. The Hall–Kier alpha value is -0.840. The zero-order chi connectivity index (χ0) is 13.0. The van der Waals surface area contributed by atoms with Crippen LogP contribution < -0.4 is 10.9 Å². The highest BCUT2D eigenvalue weighted by molar-refractivity contribution is 9.10. The molecule has 1 saturated carbocycles. The Labute approximate surface area is 116 Å². The van der Waals surface area contributed by atoms with Crippen LogP contribution in [-0.2, 0) is 0 Å². The van der Waals surface area contributed by atoms with Gasteiger partial charge in [0.25, 0.3) is 5.56 Å². The van der Waals surface area contributed by atoms with E-state index in [1.54, 1.807) is 6.20 Å². The Balaban J connectivity index is 1.81. The standard InChI is InChI=1S/C13H20BrN3O/c1-9-3-2-4-10(7-9)5-6-15-11-8-16-17-13(18)12(11)14/h8-10H,2-7H2,1H3,(H2,15,17,18). The van der Waals surface area contributed by atoms with Crippen molar-refractivity contribution in [3.8, 4) is 0 Å². The van der Waals surface area contributed by atoms with Crippen LogP contribution in [-0.4, -0.2) is 16.7 Å². The number of anilines is 1. The van der Waals surface area contributed by atoms with Crippen molar-refractivity contribution in [1.29, 1.82) is 0 Å². The zero-order valence-electron chi connectivity index (χ0n) is 10.7. The lowest BCUT2D eigenvalue weighted by Gasteiger charge is -2.26. The van der Waals surface area contributed by atoms with Gasteiger partial charge in [-0.25, -0.2) is 5.10 Å². The number of aromatic nitrogens is 2. The summed E-state index contributed by atoms with van der Waals surface area (Å²) in [5.74, 6) is 1.70. The number of nitrogens with one attached hydrogen (secondary N) is 2. The van der Waals surface area contributed by atoms with Crippen LogP contribution in [0.2, 0.25) is 0 Å². The van der Waals surface area contributed by atoms with Gasteiger partial charge >= 0.3 is 0 Å². The molecule has 1 aliphatic rings. The second-order valence-corrected chi connectivity index (χ2v) is 6.07. The first-order valence-electron chi connectivity index (χ1n) is 6.64. The molecule has 1 heterocycles.